The maximum Gasteiger partial charge on any atom is 0.416 e. The van der Waals surface area contributed by atoms with Crippen molar-refractivity contribution in [3.05, 3.63) is 41.1 Å². The summed E-state index contributed by atoms with van der Waals surface area (Å²) in [5.74, 6) is 0. The molecule has 0 fully saturated rings. The maximum absolute atomic E-state index is 12.8. The SMILES string of the molecule is C[Si](C)(C)[Si](/C=C\c1ccc(C(F)(F)F)cc1)([Si](C)(C)C)[Si](C)(C)C. The molecule has 1 aromatic rings. The summed E-state index contributed by atoms with van der Waals surface area (Å²) < 4.78 is 38.3. The molecule has 0 saturated heterocycles. The van der Waals surface area contributed by atoms with Crippen molar-refractivity contribution in [1.82, 2.24) is 0 Å². The van der Waals surface area contributed by atoms with E-state index in [2.05, 4.69) is 70.7 Å². The molecule has 0 aliphatic rings. The minimum absolute atomic E-state index is 0.575. The summed E-state index contributed by atoms with van der Waals surface area (Å²) in [6, 6.07) is 5.61. The number of hydrogen-bond acceptors (Lipinski definition) is 0. The van der Waals surface area contributed by atoms with E-state index in [0.29, 0.717) is 0 Å². The Labute approximate surface area is 155 Å². The van der Waals surface area contributed by atoms with E-state index < -0.39 is 41.1 Å². The number of rotatable bonds is 5. The third-order valence-corrected chi connectivity index (χ3v) is 76.4. The van der Waals surface area contributed by atoms with Crippen molar-refractivity contribution in [2.45, 2.75) is 65.1 Å². The van der Waals surface area contributed by atoms with E-state index in [9.17, 15) is 13.2 Å². The van der Waals surface area contributed by atoms with Gasteiger partial charge in [-0.15, -0.1) is 5.70 Å². The van der Waals surface area contributed by atoms with Crippen molar-refractivity contribution < 1.29 is 13.2 Å². The van der Waals surface area contributed by atoms with Crippen LogP contribution in [0, 0.1) is 0 Å². The third-order valence-electron chi connectivity index (χ3n) is 5.31. The second-order valence-electron chi connectivity index (χ2n) is 10.0. The molecule has 0 aromatic heterocycles. The van der Waals surface area contributed by atoms with Gasteiger partial charge in [-0.1, -0.05) is 77.1 Å². The van der Waals surface area contributed by atoms with Crippen molar-refractivity contribution in [3.63, 3.8) is 0 Å². The van der Waals surface area contributed by atoms with Gasteiger partial charge < -0.3 is 0 Å². The van der Waals surface area contributed by atoms with Gasteiger partial charge in [-0.25, -0.2) is 0 Å². The van der Waals surface area contributed by atoms with Gasteiger partial charge >= 0.3 is 6.18 Å². The van der Waals surface area contributed by atoms with Gasteiger partial charge in [0, 0.05) is 22.8 Å². The Kier molecular flexibility index (Phi) is 6.32. The zero-order valence-electron chi connectivity index (χ0n) is 17.1. The molecule has 0 unspecified atom stereocenters. The van der Waals surface area contributed by atoms with Gasteiger partial charge in [0.05, 0.1) is 12.2 Å². The van der Waals surface area contributed by atoms with E-state index >= 15 is 0 Å². The van der Waals surface area contributed by atoms with Gasteiger partial charge in [-0.2, -0.15) is 13.2 Å². The normalized spacial score (nSPS) is 15.0. The van der Waals surface area contributed by atoms with Crippen LogP contribution >= 0.6 is 0 Å². The van der Waals surface area contributed by atoms with Crippen LogP contribution in [0.25, 0.3) is 6.08 Å². The lowest BCUT2D eigenvalue weighted by molar-refractivity contribution is -0.137. The lowest BCUT2D eigenvalue weighted by Crippen LogP contribution is -2.81. The largest absolute Gasteiger partial charge is 0.416 e. The second kappa shape index (κ2) is 6.98. The molecule has 0 saturated carbocycles. The lowest BCUT2D eigenvalue weighted by Gasteiger charge is -2.55. The smallest absolute Gasteiger partial charge is 0.166 e. The predicted molar refractivity (Wildman–Crippen MR) is 116 cm³/mol. The molecule has 0 aliphatic heterocycles. The molecule has 0 atom stereocenters. The summed E-state index contributed by atoms with van der Waals surface area (Å²) in [4.78, 5) is 0. The maximum atomic E-state index is 12.8. The quantitative estimate of drug-likeness (QED) is 0.453. The molecule has 142 valence electrons. The van der Waals surface area contributed by atoms with Crippen LogP contribution in [0.15, 0.2) is 30.0 Å². The number of benzene rings is 1. The summed E-state index contributed by atoms with van der Waals surface area (Å²) >= 11 is 0. The highest BCUT2D eigenvalue weighted by atomic mass is 29.9. The van der Waals surface area contributed by atoms with Crippen LogP contribution in [0.2, 0.25) is 58.9 Å². The Morgan fingerprint density at radius 2 is 1.04 bits per heavy atom. The molecule has 0 aliphatic carbocycles. The van der Waals surface area contributed by atoms with E-state index in [4.69, 9.17) is 0 Å². The fourth-order valence-electron chi connectivity index (χ4n) is 5.13. The molecule has 0 spiro atoms. The van der Waals surface area contributed by atoms with Crippen molar-refractivity contribution in [2.75, 3.05) is 0 Å². The van der Waals surface area contributed by atoms with Crippen molar-refractivity contribution in [2.24, 2.45) is 0 Å². The van der Waals surface area contributed by atoms with Crippen molar-refractivity contribution >= 4 is 35.5 Å². The van der Waals surface area contributed by atoms with E-state index in [1.54, 1.807) is 12.1 Å². The van der Waals surface area contributed by atoms with E-state index in [-0.39, 0.29) is 0 Å². The Morgan fingerprint density at radius 1 is 0.680 bits per heavy atom. The highest BCUT2D eigenvalue weighted by Crippen LogP contribution is 2.38. The molecular weight excluding hydrogens is 386 g/mol. The molecule has 0 radical (unpaired) electrons. The Balaban J connectivity index is 3.43. The van der Waals surface area contributed by atoms with Gasteiger partial charge in [0.2, 0.25) is 0 Å². The van der Waals surface area contributed by atoms with Crippen LogP contribution in [0.5, 0.6) is 0 Å². The summed E-state index contributed by atoms with van der Waals surface area (Å²) in [5, 5.41) is 0. The van der Waals surface area contributed by atoms with Gasteiger partial charge in [0.25, 0.3) is 0 Å². The minimum Gasteiger partial charge on any atom is -0.166 e. The highest BCUT2D eigenvalue weighted by molar-refractivity contribution is 7.90. The van der Waals surface area contributed by atoms with E-state index in [1.807, 2.05) is 0 Å². The topological polar surface area (TPSA) is 0 Å². The van der Waals surface area contributed by atoms with Crippen LogP contribution in [0.1, 0.15) is 11.1 Å². The van der Waals surface area contributed by atoms with E-state index in [1.165, 1.54) is 12.1 Å². The first-order valence-electron chi connectivity index (χ1n) is 8.80. The molecular formula is C18H33F3Si4. The Hall–Kier alpha value is -0.382. The average molecular weight is 419 g/mol. The molecule has 0 heterocycles. The molecule has 7 heteroatoms. The van der Waals surface area contributed by atoms with Gasteiger partial charge in [0.1, 0.15) is 0 Å². The van der Waals surface area contributed by atoms with Crippen molar-refractivity contribution in [3.8, 4) is 0 Å². The van der Waals surface area contributed by atoms with Crippen LogP contribution < -0.4 is 0 Å². The standard InChI is InChI=1S/C18H33F3Si4/c1-22(2,3)25(23(4,5)6,24(7,8)9)15-14-16-10-12-17(13-11-16)18(19,20)21/h10-15H,1-9H3/b15-14-. The first-order chi connectivity index (χ1) is 10.9. The third kappa shape index (κ3) is 4.67. The number of hydrogen-bond donors (Lipinski definition) is 0. The Morgan fingerprint density at radius 3 is 1.32 bits per heavy atom. The van der Waals surface area contributed by atoms with Crippen LogP contribution in [0.3, 0.4) is 0 Å². The second-order valence-corrected chi connectivity index (χ2v) is 50.6. The van der Waals surface area contributed by atoms with Gasteiger partial charge in [-0.3, -0.25) is 0 Å². The first kappa shape index (κ1) is 22.7. The summed E-state index contributed by atoms with van der Waals surface area (Å²) in [6.07, 6.45) is -2.13. The summed E-state index contributed by atoms with van der Waals surface area (Å²) in [6.45, 7) is 20.9. The lowest BCUT2D eigenvalue weighted by atomic mass is 10.1. The predicted octanol–water partition coefficient (Wildman–Crippen LogP) is 6.96. The van der Waals surface area contributed by atoms with Gasteiger partial charge in [0.15, 0.2) is 0 Å². The van der Waals surface area contributed by atoms with Crippen molar-refractivity contribution in [1.29, 1.82) is 0 Å². The zero-order valence-corrected chi connectivity index (χ0v) is 21.1. The number of halogens is 3. The molecule has 1 aromatic carbocycles. The molecule has 0 bridgehead atoms. The molecule has 0 nitrogen and oxygen atoms in total. The molecule has 25 heavy (non-hydrogen) atoms. The van der Waals surface area contributed by atoms with E-state index in [0.717, 1.165) is 5.56 Å². The molecule has 0 amide bonds. The Bertz CT molecular complexity index is 576. The zero-order chi connectivity index (χ0) is 19.9. The fraction of sp³-hybridized carbons (Fsp3) is 0.556. The number of alkyl halides is 3. The molecule has 0 N–H and O–H groups in total. The van der Waals surface area contributed by atoms with Crippen LogP contribution in [0.4, 0.5) is 13.2 Å². The summed E-state index contributed by atoms with van der Waals surface area (Å²) in [5.41, 5.74) is 2.86. The van der Waals surface area contributed by atoms with Crippen LogP contribution in [-0.2, 0) is 6.18 Å². The van der Waals surface area contributed by atoms with Gasteiger partial charge in [-0.05, 0) is 17.7 Å². The fourth-order valence-corrected chi connectivity index (χ4v) is 100. The highest BCUT2D eigenvalue weighted by Gasteiger charge is 2.59. The molecule has 1 rings (SSSR count). The summed E-state index contributed by atoms with van der Waals surface area (Å²) in [7, 11) is -4.22. The van der Waals surface area contributed by atoms with Crippen LogP contribution in [-0.4, -0.2) is 29.4 Å². The minimum atomic E-state index is -4.27. The monoisotopic (exact) mass is 418 g/mol. The average Bonchev–Trinajstić information content (AvgIpc) is 2.33. The first-order valence-corrected chi connectivity index (χ1v) is 24.4.